The number of carbonyl (C=O) groups excluding carboxylic acids is 1. The summed E-state index contributed by atoms with van der Waals surface area (Å²) in [4.78, 5) is 11.6. The molecule has 0 bridgehead atoms. The van der Waals surface area contributed by atoms with Crippen LogP contribution in [-0.2, 0) is 9.53 Å². The summed E-state index contributed by atoms with van der Waals surface area (Å²) in [7, 11) is 0. The van der Waals surface area contributed by atoms with E-state index in [1.165, 1.54) is 19.3 Å². The SMILES string of the molecule is CCC(CN)C(=O)OC1CCCCC1. The highest BCUT2D eigenvalue weighted by Crippen LogP contribution is 2.21. The summed E-state index contributed by atoms with van der Waals surface area (Å²) < 4.78 is 5.42. The van der Waals surface area contributed by atoms with E-state index in [4.69, 9.17) is 10.5 Å². The molecule has 0 radical (unpaired) electrons. The van der Waals surface area contributed by atoms with Crippen molar-refractivity contribution in [2.24, 2.45) is 11.7 Å². The molecular formula is C11H21NO2. The molecule has 14 heavy (non-hydrogen) atoms. The van der Waals surface area contributed by atoms with E-state index in [9.17, 15) is 4.79 Å². The summed E-state index contributed by atoms with van der Waals surface area (Å²) in [5, 5.41) is 0. The number of hydrogen-bond acceptors (Lipinski definition) is 3. The maximum absolute atomic E-state index is 11.6. The number of esters is 1. The van der Waals surface area contributed by atoms with Crippen LogP contribution in [0.25, 0.3) is 0 Å². The van der Waals surface area contributed by atoms with Crippen LogP contribution in [0.4, 0.5) is 0 Å². The maximum atomic E-state index is 11.6. The Morgan fingerprint density at radius 2 is 2.07 bits per heavy atom. The van der Waals surface area contributed by atoms with Crippen LogP contribution in [0, 0.1) is 5.92 Å². The average Bonchev–Trinajstić information content (AvgIpc) is 2.21. The smallest absolute Gasteiger partial charge is 0.310 e. The van der Waals surface area contributed by atoms with E-state index in [-0.39, 0.29) is 18.0 Å². The van der Waals surface area contributed by atoms with E-state index in [0.29, 0.717) is 6.54 Å². The molecule has 0 heterocycles. The first kappa shape index (κ1) is 11.5. The topological polar surface area (TPSA) is 52.3 Å². The van der Waals surface area contributed by atoms with Gasteiger partial charge in [-0.3, -0.25) is 4.79 Å². The van der Waals surface area contributed by atoms with Crippen LogP contribution < -0.4 is 5.73 Å². The van der Waals surface area contributed by atoms with Gasteiger partial charge in [0.15, 0.2) is 0 Å². The predicted octanol–water partition coefficient (Wildman–Crippen LogP) is 1.85. The molecule has 0 aromatic carbocycles. The normalized spacial score (nSPS) is 20.4. The Morgan fingerprint density at radius 1 is 1.43 bits per heavy atom. The third-order valence-corrected chi connectivity index (χ3v) is 2.95. The number of ether oxygens (including phenoxy) is 1. The number of nitrogens with two attached hydrogens (primary N) is 1. The molecule has 0 saturated heterocycles. The quantitative estimate of drug-likeness (QED) is 0.703. The molecule has 0 aromatic heterocycles. The Hall–Kier alpha value is -0.570. The van der Waals surface area contributed by atoms with Crippen LogP contribution >= 0.6 is 0 Å². The van der Waals surface area contributed by atoms with E-state index in [0.717, 1.165) is 19.3 Å². The minimum atomic E-state index is -0.100. The highest BCUT2D eigenvalue weighted by Gasteiger charge is 2.22. The molecule has 2 N–H and O–H groups in total. The van der Waals surface area contributed by atoms with Gasteiger partial charge in [0.1, 0.15) is 6.10 Å². The largest absolute Gasteiger partial charge is 0.462 e. The van der Waals surface area contributed by atoms with Gasteiger partial charge in [-0.25, -0.2) is 0 Å². The lowest BCUT2D eigenvalue weighted by molar-refractivity contribution is -0.155. The first-order valence-corrected chi connectivity index (χ1v) is 5.68. The van der Waals surface area contributed by atoms with Crippen LogP contribution in [0.5, 0.6) is 0 Å². The highest BCUT2D eigenvalue weighted by molar-refractivity contribution is 5.72. The summed E-state index contributed by atoms with van der Waals surface area (Å²) >= 11 is 0. The summed E-state index contributed by atoms with van der Waals surface area (Å²) in [5.74, 6) is -0.196. The zero-order valence-corrected chi connectivity index (χ0v) is 9.00. The molecular weight excluding hydrogens is 178 g/mol. The summed E-state index contributed by atoms with van der Waals surface area (Å²) in [5.41, 5.74) is 5.49. The number of rotatable bonds is 4. The van der Waals surface area contributed by atoms with Crippen molar-refractivity contribution in [2.75, 3.05) is 6.54 Å². The van der Waals surface area contributed by atoms with E-state index in [1.54, 1.807) is 0 Å². The third-order valence-electron chi connectivity index (χ3n) is 2.95. The van der Waals surface area contributed by atoms with Crippen molar-refractivity contribution in [3.63, 3.8) is 0 Å². The Morgan fingerprint density at radius 3 is 2.57 bits per heavy atom. The van der Waals surface area contributed by atoms with Crippen molar-refractivity contribution in [3.05, 3.63) is 0 Å². The fourth-order valence-corrected chi connectivity index (χ4v) is 1.87. The molecule has 1 rings (SSSR count). The standard InChI is InChI=1S/C11H21NO2/c1-2-9(8-12)11(13)14-10-6-4-3-5-7-10/h9-10H,2-8,12H2,1H3. The lowest BCUT2D eigenvalue weighted by Crippen LogP contribution is -2.29. The number of hydrogen-bond donors (Lipinski definition) is 1. The van der Waals surface area contributed by atoms with E-state index in [2.05, 4.69) is 0 Å². The molecule has 3 nitrogen and oxygen atoms in total. The molecule has 82 valence electrons. The summed E-state index contributed by atoms with van der Waals surface area (Å²) in [6, 6.07) is 0. The van der Waals surface area contributed by atoms with Crippen LogP contribution in [0.2, 0.25) is 0 Å². The average molecular weight is 199 g/mol. The highest BCUT2D eigenvalue weighted by atomic mass is 16.5. The first-order chi connectivity index (χ1) is 6.77. The van der Waals surface area contributed by atoms with Crippen molar-refractivity contribution >= 4 is 5.97 Å². The second-order valence-electron chi connectivity index (χ2n) is 4.04. The van der Waals surface area contributed by atoms with Gasteiger partial charge < -0.3 is 10.5 Å². The van der Waals surface area contributed by atoms with Gasteiger partial charge in [0.2, 0.25) is 0 Å². The van der Waals surface area contributed by atoms with Crippen molar-refractivity contribution in [1.82, 2.24) is 0 Å². The van der Waals surface area contributed by atoms with Crippen LogP contribution in [0.1, 0.15) is 45.4 Å². The van der Waals surface area contributed by atoms with Gasteiger partial charge in [0.05, 0.1) is 5.92 Å². The van der Waals surface area contributed by atoms with Gasteiger partial charge in [0.25, 0.3) is 0 Å². The zero-order valence-electron chi connectivity index (χ0n) is 9.00. The number of carbonyl (C=O) groups is 1. The molecule has 1 aliphatic rings. The van der Waals surface area contributed by atoms with Gasteiger partial charge in [-0.2, -0.15) is 0 Å². The van der Waals surface area contributed by atoms with Gasteiger partial charge >= 0.3 is 5.97 Å². The van der Waals surface area contributed by atoms with Crippen LogP contribution in [-0.4, -0.2) is 18.6 Å². The van der Waals surface area contributed by atoms with Crippen LogP contribution in [0.15, 0.2) is 0 Å². The van der Waals surface area contributed by atoms with E-state index in [1.807, 2.05) is 6.92 Å². The molecule has 1 fully saturated rings. The minimum absolute atomic E-state index is 0.0955. The molecule has 0 aromatic rings. The second kappa shape index (κ2) is 6.02. The molecule has 1 saturated carbocycles. The molecule has 1 atom stereocenters. The maximum Gasteiger partial charge on any atom is 0.310 e. The van der Waals surface area contributed by atoms with Crippen molar-refractivity contribution in [2.45, 2.75) is 51.6 Å². The van der Waals surface area contributed by atoms with Gasteiger partial charge in [-0.05, 0) is 32.1 Å². The van der Waals surface area contributed by atoms with Crippen LogP contribution in [0.3, 0.4) is 0 Å². The lowest BCUT2D eigenvalue weighted by Gasteiger charge is -2.23. The molecule has 3 heteroatoms. The van der Waals surface area contributed by atoms with Gasteiger partial charge in [0, 0.05) is 6.54 Å². The Labute approximate surface area is 86.0 Å². The molecule has 1 aliphatic carbocycles. The first-order valence-electron chi connectivity index (χ1n) is 5.68. The summed E-state index contributed by atoms with van der Waals surface area (Å²) in [6.07, 6.45) is 6.68. The Balaban J connectivity index is 2.30. The third kappa shape index (κ3) is 3.29. The molecule has 1 unspecified atom stereocenters. The van der Waals surface area contributed by atoms with E-state index >= 15 is 0 Å². The van der Waals surface area contributed by atoms with Gasteiger partial charge in [-0.15, -0.1) is 0 Å². The molecule has 0 spiro atoms. The van der Waals surface area contributed by atoms with E-state index < -0.39 is 0 Å². The predicted molar refractivity (Wildman–Crippen MR) is 55.8 cm³/mol. The van der Waals surface area contributed by atoms with Crippen molar-refractivity contribution < 1.29 is 9.53 Å². The fraction of sp³-hybridized carbons (Fsp3) is 0.909. The zero-order chi connectivity index (χ0) is 10.4. The minimum Gasteiger partial charge on any atom is -0.462 e. The second-order valence-corrected chi connectivity index (χ2v) is 4.04. The summed E-state index contributed by atoms with van der Waals surface area (Å²) in [6.45, 7) is 2.38. The van der Waals surface area contributed by atoms with Crippen molar-refractivity contribution in [1.29, 1.82) is 0 Å². The lowest BCUT2D eigenvalue weighted by atomic mass is 9.97. The Kier molecular flexibility index (Phi) is 4.94. The fourth-order valence-electron chi connectivity index (χ4n) is 1.87. The molecule has 0 amide bonds. The Bertz CT molecular complexity index is 172. The molecule has 0 aliphatic heterocycles. The monoisotopic (exact) mass is 199 g/mol. The van der Waals surface area contributed by atoms with Gasteiger partial charge in [-0.1, -0.05) is 13.3 Å². The van der Waals surface area contributed by atoms with Crippen molar-refractivity contribution in [3.8, 4) is 0 Å².